The van der Waals surface area contributed by atoms with Gasteiger partial charge in [0.15, 0.2) is 11.5 Å². The van der Waals surface area contributed by atoms with Crippen LogP contribution in [-0.2, 0) is 0 Å². The minimum atomic E-state index is -0.541. The molecule has 0 heterocycles. The highest BCUT2D eigenvalue weighted by molar-refractivity contribution is 5.95. The highest BCUT2D eigenvalue weighted by Gasteiger charge is 2.08. The van der Waals surface area contributed by atoms with Crippen LogP contribution in [0.1, 0.15) is 22.8 Å². The first-order chi connectivity index (χ1) is 11.5. The highest BCUT2D eigenvalue weighted by atomic mass is 16.6. The molecule has 0 aliphatic carbocycles. The van der Waals surface area contributed by atoms with Crippen LogP contribution in [0.2, 0.25) is 0 Å². The number of nitro groups is 1. The Balaban J connectivity index is 2.01. The molecule has 0 atom stereocenters. The van der Waals surface area contributed by atoms with Gasteiger partial charge in [0, 0.05) is 17.7 Å². The Morgan fingerprint density at radius 1 is 1.33 bits per heavy atom. The first-order valence-electron chi connectivity index (χ1n) is 7.05. The van der Waals surface area contributed by atoms with Crippen molar-refractivity contribution in [2.24, 2.45) is 5.10 Å². The molecule has 0 saturated heterocycles. The van der Waals surface area contributed by atoms with Gasteiger partial charge in [0.05, 0.1) is 17.7 Å². The van der Waals surface area contributed by atoms with Crippen molar-refractivity contribution in [3.05, 3.63) is 63.7 Å². The van der Waals surface area contributed by atoms with Gasteiger partial charge >= 0.3 is 0 Å². The third-order valence-electron chi connectivity index (χ3n) is 3.00. The number of aromatic hydroxyl groups is 1. The van der Waals surface area contributed by atoms with Gasteiger partial charge in [-0.3, -0.25) is 14.9 Å². The second-order valence-electron chi connectivity index (χ2n) is 4.66. The summed E-state index contributed by atoms with van der Waals surface area (Å²) in [7, 11) is 0. The minimum absolute atomic E-state index is 0.0175. The number of benzene rings is 2. The Morgan fingerprint density at radius 2 is 2.04 bits per heavy atom. The number of amides is 1. The molecule has 8 heteroatoms. The van der Waals surface area contributed by atoms with E-state index in [1.54, 1.807) is 19.1 Å². The molecule has 0 aromatic heterocycles. The molecule has 0 fully saturated rings. The molecule has 2 N–H and O–H groups in total. The van der Waals surface area contributed by atoms with Crippen molar-refractivity contribution in [3.63, 3.8) is 0 Å². The summed E-state index contributed by atoms with van der Waals surface area (Å²) in [5.74, 6) is -0.156. The number of rotatable bonds is 6. The number of carbonyl (C=O) groups excluding carboxylic acids is 1. The van der Waals surface area contributed by atoms with Crippen LogP contribution in [0, 0.1) is 10.1 Å². The predicted octanol–water partition coefficient (Wildman–Crippen LogP) is 2.46. The van der Waals surface area contributed by atoms with Crippen LogP contribution in [0.5, 0.6) is 11.5 Å². The Morgan fingerprint density at radius 3 is 2.67 bits per heavy atom. The molecule has 0 unspecified atom stereocenters. The number of hydrogen-bond acceptors (Lipinski definition) is 6. The van der Waals surface area contributed by atoms with Crippen molar-refractivity contribution >= 4 is 17.8 Å². The molecule has 2 aromatic rings. The fourth-order valence-electron chi connectivity index (χ4n) is 1.85. The summed E-state index contributed by atoms with van der Waals surface area (Å²) in [5.41, 5.74) is 3.10. The summed E-state index contributed by atoms with van der Waals surface area (Å²) in [6.45, 7) is 2.20. The van der Waals surface area contributed by atoms with E-state index in [1.807, 2.05) is 0 Å². The number of hydrazone groups is 1. The number of non-ortho nitro benzene ring substituents is 1. The third kappa shape index (κ3) is 4.29. The van der Waals surface area contributed by atoms with E-state index in [4.69, 9.17) is 4.74 Å². The molecule has 1 amide bonds. The fourth-order valence-corrected chi connectivity index (χ4v) is 1.85. The van der Waals surface area contributed by atoms with Crippen molar-refractivity contribution in [2.45, 2.75) is 6.92 Å². The second kappa shape index (κ2) is 7.73. The summed E-state index contributed by atoms with van der Waals surface area (Å²) < 4.78 is 5.25. The summed E-state index contributed by atoms with van der Waals surface area (Å²) in [5, 5.41) is 24.0. The van der Waals surface area contributed by atoms with E-state index < -0.39 is 10.8 Å². The number of phenols is 1. The maximum absolute atomic E-state index is 11.9. The van der Waals surface area contributed by atoms with Crippen LogP contribution in [0.25, 0.3) is 0 Å². The molecule has 0 spiro atoms. The number of phenolic OH excluding ortho intramolecular Hbond substituents is 1. The molecule has 2 aromatic carbocycles. The standard InChI is InChI=1S/C16H15N3O5/c1-2-24-15-9-11(3-8-14(15)20)10-17-18-16(21)12-4-6-13(7-5-12)19(22)23/h3-10,20H,2H2,1H3,(H,18,21)/b17-10+. The van der Waals surface area contributed by atoms with E-state index >= 15 is 0 Å². The van der Waals surface area contributed by atoms with Crippen LogP contribution >= 0.6 is 0 Å². The molecule has 0 radical (unpaired) electrons. The van der Waals surface area contributed by atoms with Gasteiger partial charge in [0.25, 0.3) is 11.6 Å². The lowest BCUT2D eigenvalue weighted by Crippen LogP contribution is -2.17. The fraction of sp³-hybridized carbons (Fsp3) is 0.125. The summed E-state index contributed by atoms with van der Waals surface area (Å²) in [4.78, 5) is 21.9. The Bertz CT molecular complexity index is 772. The maximum atomic E-state index is 11.9. The Labute approximate surface area is 137 Å². The van der Waals surface area contributed by atoms with Gasteiger partial charge < -0.3 is 9.84 Å². The van der Waals surface area contributed by atoms with Gasteiger partial charge in [-0.25, -0.2) is 5.43 Å². The zero-order valence-corrected chi connectivity index (χ0v) is 12.8. The molecule has 0 bridgehead atoms. The zero-order valence-electron chi connectivity index (χ0n) is 12.8. The van der Waals surface area contributed by atoms with Crippen LogP contribution in [0.15, 0.2) is 47.6 Å². The summed E-state index contributed by atoms with van der Waals surface area (Å²) >= 11 is 0. The first kappa shape index (κ1) is 16.9. The quantitative estimate of drug-likeness (QED) is 0.480. The highest BCUT2D eigenvalue weighted by Crippen LogP contribution is 2.26. The van der Waals surface area contributed by atoms with Crippen LogP contribution in [0.4, 0.5) is 5.69 Å². The lowest BCUT2D eigenvalue weighted by atomic mass is 10.2. The number of nitrogens with one attached hydrogen (secondary N) is 1. The average molecular weight is 329 g/mol. The van der Waals surface area contributed by atoms with Gasteiger partial charge in [-0.1, -0.05) is 0 Å². The number of nitrogens with zero attached hydrogens (tertiary/aromatic N) is 2. The summed E-state index contributed by atoms with van der Waals surface area (Å²) in [6.07, 6.45) is 1.39. The molecular formula is C16H15N3O5. The minimum Gasteiger partial charge on any atom is -0.504 e. The third-order valence-corrected chi connectivity index (χ3v) is 3.00. The Hall–Kier alpha value is -3.42. The Kier molecular flexibility index (Phi) is 5.45. The normalized spacial score (nSPS) is 10.5. The molecule has 2 rings (SSSR count). The van der Waals surface area contributed by atoms with Crippen molar-refractivity contribution in [1.29, 1.82) is 0 Å². The number of ether oxygens (including phenoxy) is 1. The van der Waals surface area contributed by atoms with Gasteiger partial charge in [0.2, 0.25) is 0 Å². The van der Waals surface area contributed by atoms with E-state index in [1.165, 1.54) is 36.5 Å². The van der Waals surface area contributed by atoms with E-state index in [0.717, 1.165) is 0 Å². The smallest absolute Gasteiger partial charge is 0.271 e. The van der Waals surface area contributed by atoms with Crippen molar-refractivity contribution in [2.75, 3.05) is 6.61 Å². The van der Waals surface area contributed by atoms with Gasteiger partial charge in [0.1, 0.15) is 0 Å². The molecule has 0 aliphatic rings. The number of hydrogen-bond donors (Lipinski definition) is 2. The van der Waals surface area contributed by atoms with Crippen molar-refractivity contribution in [1.82, 2.24) is 5.43 Å². The molecular weight excluding hydrogens is 314 g/mol. The van der Waals surface area contributed by atoms with E-state index in [9.17, 15) is 20.0 Å². The van der Waals surface area contributed by atoms with Crippen LogP contribution < -0.4 is 10.2 Å². The van der Waals surface area contributed by atoms with E-state index in [-0.39, 0.29) is 17.0 Å². The maximum Gasteiger partial charge on any atom is 0.271 e. The summed E-state index contributed by atoms with van der Waals surface area (Å²) in [6, 6.07) is 9.83. The molecule has 24 heavy (non-hydrogen) atoms. The SMILES string of the molecule is CCOc1cc(/C=N/NC(=O)c2ccc([N+](=O)[O-])cc2)ccc1O. The van der Waals surface area contributed by atoms with E-state index in [2.05, 4.69) is 10.5 Å². The van der Waals surface area contributed by atoms with Gasteiger partial charge in [-0.05, 0) is 42.8 Å². The van der Waals surface area contributed by atoms with Crippen LogP contribution in [-0.4, -0.2) is 28.8 Å². The number of nitro benzene ring substituents is 1. The first-order valence-corrected chi connectivity index (χ1v) is 7.05. The van der Waals surface area contributed by atoms with Crippen molar-refractivity contribution < 1.29 is 19.6 Å². The average Bonchev–Trinajstić information content (AvgIpc) is 2.58. The van der Waals surface area contributed by atoms with Crippen LogP contribution in [0.3, 0.4) is 0 Å². The van der Waals surface area contributed by atoms with Gasteiger partial charge in [-0.15, -0.1) is 0 Å². The molecule has 0 aliphatic heterocycles. The second-order valence-corrected chi connectivity index (χ2v) is 4.66. The lowest BCUT2D eigenvalue weighted by molar-refractivity contribution is -0.384. The monoisotopic (exact) mass is 329 g/mol. The van der Waals surface area contributed by atoms with Gasteiger partial charge in [-0.2, -0.15) is 5.10 Å². The molecule has 124 valence electrons. The zero-order chi connectivity index (χ0) is 17.5. The largest absolute Gasteiger partial charge is 0.504 e. The van der Waals surface area contributed by atoms with Crippen molar-refractivity contribution in [3.8, 4) is 11.5 Å². The molecule has 8 nitrogen and oxygen atoms in total. The van der Waals surface area contributed by atoms with E-state index in [0.29, 0.717) is 17.9 Å². The lowest BCUT2D eigenvalue weighted by Gasteiger charge is -2.06. The molecule has 0 saturated carbocycles. The topological polar surface area (TPSA) is 114 Å². The number of carbonyl (C=O) groups is 1. The predicted molar refractivity (Wildman–Crippen MR) is 87.4 cm³/mol.